The molecule has 1 fully saturated rings. The van der Waals surface area contributed by atoms with Gasteiger partial charge >= 0.3 is 0 Å². The molecule has 1 saturated carbocycles. The molecule has 0 saturated heterocycles. The molecule has 2 atom stereocenters. The number of aliphatic hydroxyl groups is 1. The lowest BCUT2D eigenvalue weighted by molar-refractivity contribution is -0.126. The van der Waals surface area contributed by atoms with Gasteiger partial charge in [-0.3, -0.25) is 4.79 Å². The van der Waals surface area contributed by atoms with E-state index in [-0.39, 0.29) is 12.5 Å². The van der Waals surface area contributed by atoms with E-state index in [1.165, 1.54) is 0 Å². The van der Waals surface area contributed by atoms with Gasteiger partial charge in [-0.1, -0.05) is 6.92 Å². The smallest absolute Gasteiger partial charge is 0.240 e. The van der Waals surface area contributed by atoms with Crippen LogP contribution in [0.3, 0.4) is 0 Å². The largest absolute Gasteiger partial charge is 0.396 e. The van der Waals surface area contributed by atoms with E-state index in [9.17, 15) is 4.79 Å². The summed E-state index contributed by atoms with van der Waals surface area (Å²) in [5.41, 5.74) is 5.25. The first-order chi connectivity index (χ1) is 6.98. The molecule has 0 aliphatic heterocycles. The van der Waals surface area contributed by atoms with Crippen LogP contribution in [-0.4, -0.2) is 29.7 Å². The van der Waals surface area contributed by atoms with Gasteiger partial charge in [0.1, 0.15) is 0 Å². The third kappa shape index (κ3) is 3.47. The van der Waals surface area contributed by atoms with Crippen molar-refractivity contribution in [2.75, 3.05) is 13.2 Å². The predicted octanol–water partition coefficient (Wildman–Crippen LogP) is 0.249. The highest BCUT2D eigenvalue weighted by Crippen LogP contribution is 2.38. The predicted molar refractivity (Wildman–Crippen MR) is 59.2 cm³/mol. The fraction of sp³-hybridized carbons (Fsp3) is 0.909. The van der Waals surface area contributed by atoms with Crippen molar-refractivity contribution in [3.8, 4) is 0 Å². The average molecular weight is 214 g/mol. The second-order valence-corrected chi connectivity index (χ2v) is 4.88. The number of nitrogens with two attached hydrogens (primary N) is 1. The third-order valence-electron chi connectivity index (χ3n) is 3.15. The van der Waals surface area contributed by atoms with Crippen molar-refractivity contribution < 1.29 is 9.90 Å². The molecular weight excluding hydrogens is 192 g/mol. The molecule has 0 heterocycles. The second kappa shape index (κ2) is 4.94. The number of hydrogen-bond acceptors (Lipinski definition) is 3. The fourth-order valence-electron chi connectivity index (χ4n) is 1.65. The van der Waals surface area contributed by atoms with Gasteiger partial charge in [0.25, 0.3) is 0 Å². The maximum Gasteiger partial charge on any atom is 0.240 e. The van der Waals surface area contributed by atoms with Crippen LogP contribution < -0.4 is 11.1 Å². The summed E-state index contributed by atoms with van der Waals surface area (Å²) in [7, 11) is 0. The molecular formula is C11H22N2O2. The van der Waals surface area contributed by atoms with Gasteiger partial charge < -0.3 is 16.2 Å². The summed E-state index contributed by atoms with van der Waals surface area (Å²) in [6, 6.07) is 0. The van der Waals surface area contributed by atoms with E-state index in [1.54, 1.807) is 6.92 Å². The van der Waals surface area contributed by atoms with Crippen LogP contribution in [0.5, 0.6) is 0 Å². The molecule has 15 heavy (non-hydrogen) atoms. The maximum atomic E-state index is 11.8. The summed E-state index contributed by atoms with van der Waals surface area (Å²) in [4.78, 5) is 11.8. The zero-order chi connectivity index (χ0) is 11.5. The standard InChI is InChI=1S/C11H22N2O2/c1-8(5-6-14)7-13-10(15)11(2,12)9-3-4-9/h8-9,14H,3-7,12H2,1-2H3,(H,13,15). The fourth-order valence-corrected chi connectivity index (χ4v) is 1.65. The first kappa shape index (κ1) is 12.5. The second-order valence-electron chi connectivity index (χ2n) is 4.88. The highest BCUT2D eigenvalue weighted by Gasteiger charge is 2.43. The Balaban J connectivity index is 2.28. The number of rotatable bonds is 6. The number of aliphatic hydroxyl groups excluding tert-OH is 1. The molecule has 0 aromatic rings. The molecule has 0 radical (unpaired) electrons. The Labute approximate surface area is 91.2 Å². The van der Waals surface area contributed by atoms with E-state index in [0.29, 0.717) is 24.8 Å². The zero-order valence-corrected chi connectivity index (χ0v) is 9.62. The van der Waals surface area contributed by atoms with Crippen molar-refractivity contribution in [1.29, 1.82) is 0 Å². The van der Waals surface area contributed by atoms with Crippen LogP contribution in [0.2, 0.25) is 0 Å². The maximum absolute atomic E-state index is 11.8. The number of carbonyl (C=O) groups excluding carboxylic acids is 1. The molecule has 1 aliphatic carbocycles. The van der Waals surface area contributed by atoms with E-state index in [0.717, 1.165) is 12.8 Å². The molecule has 1 aliphatic rings. The molecule has 4 N–H and O–H groups in total. The van der Waals surface area contributed by atoms with E-state index in [2.05, 4.69) is 5.32 Å². The molecule has 0 aromatic carbocycles. The quantitative estimate of drug-likeness (QED) is 0.593. The Morgan fingerprint density at radius 1 is 1.67 bits per heavy atom. The summed E-state index contributed by atoms with van der Waals surface area (Å²) in [5.74, 6) is 0.592. The average Bonchev–Trinajstić information content (AvgIpc) is 2.97. The van der Waals surface area contributed by atoms with Gasteiger partial charge in [-0.2, -0.15) is 0 Å². The normalized spacial score (nSPS) is 21.9. The van der Waals surface area contributed by atoms with Crippen molar-refractivity contribution in [2.45, 2.75) is 38.6 Å². The van der Waals surface area contributed by atoms with Crippen LogP contribution in [0.1, 0.15) is 33.1 Å². The third-order valence-corrected chi connectivity index (χ3v) is 3.15. The number of hydrogen-bond donors (Lipinski definition) is 3. The topological polar surface area (TPSA) is 75.3 Å². The molecule has 88 valence electrons. The van der Waals surface area contributed by atoms with Gasteiger partial charge in [-0.25, -0.2) is 0 Å². The van der Waals surface area contributed by atoms with Gasteiger partial charge in [-0.05, 0) is 38.0 Å². The Kier molecular flexibility index (Phi) is 4.11. The number of nitrogens with one attached hydrogen (secondary N) is 1. The molecule has 2 unspecified atom stereocenters. The molecule has 1 amide bonds. The van der Waals surface area contributed by atoms with Gasteiger partial charge in [-0.15, -0.1) is 0 Å². The van der Waals surface area contributed by atoms with Crippen molar-refractivity contribution in [1.82, 2.24) is 5.32 Å². The Bertz CT molecular complexity index is 225. The van der Waals surface area contributed by atoms with Crippen LogP contribution in [0.15, 0.2) is 0 Å². The monoisotopic (exact) mass is 214 g/mol. The van der Waals surface area contributed by atoms with E-state index >= 15 is 0 Å². The van der Waals surface area contributed by atoms with Crippen LogP contribution in [0.4, 0.5) is 0 Å². The lowest BCUT2D eigenvalue weighted by atomic mass is 9.96. The molecule has 1 rings (SSSR count). The SMILES string of the molecule is CC(CCO)CNC(=O)C(C)(N)C1CC1. The number of carbonyl (C=O) groups is 1. The molecule has 0 spiro atoms. The van der Waals surface area contributed by atoms with Crippen LogP contribution >= 0.6 is 0 Å². The lowest BCUT2D eigenvalue weighted by Crippen LogP contribution is -2.54. The summed E-state index contributed by atoms with van der Waals surface area (Å²) >= 11 is 0. The first-order valence-corrected chi connectivity index (χ1v) is 5.66. The molecule has 0 aromatic heterocycles. The van der Waals surface area contributed by atoms with E-state index in [4.69, 9.17) is 10.8 Å². The summed E-state index contributed by atoms with van der Waals surface area (Å²) in [6.07, 6.45) is 2.84. The van der Waals surface area contributed by atoms with Gasteiger partial charge in [0, 0.05) is 13.2 Å². The zero-order valence-electron chi connectivity index (χ0n) is 9.62. The van der Waals surface area contributed by atoms with Gasteiger partial charge in [0.15, 0.2) is 0 Å². The van der Waals surface area contributed by atoms with Gasteiger partial charge in [0.05, 0.1) is 5.54 Å². The summed E-state index contributed by atoms with van der Waals surface area (Å²) < 4.78 is 0. The highest BCUT2D eigenvalue weighted by molar-refractivity contribution is 5.86. The summed E-state index contributed by atoms with van der Waals surface area (Å²) in [6.45, 7) is 4.57. The van der Waals surface area contributed by atoms with Crippen molar-refractivity contribution in [2.24, 2.45) is 17.6 Å². The lowest BCUT2D eigenvalue weighted by Gasteiger charge is -2.24. The van der Waals surface area contributed by atoms with Crippen molar-refractivity contribution in [3.05, 3.63) is 0 Å². The van der Waals surface area contributed by atoms with E-state index < -0.39 is 5.54 Å². The highest BCUT2D eigenvalue weighted by atomic mass is 16.3. The Hall–Kier alpha value is -0.610. The van der Waals surface area contributed by atoms with Gasteiger partial charge in [0.2, 0.25) is 5.91 Å². The number of amides is 1. The van der Waals surface area contributed by atoms with Crippen molar-refractivity contribution in [3.63, 3.8) is 0 Å². The summed E-state index contributed by atoms with van der Waals surface area (Å²) in [5, 5.41) is 11.6. The van der Waals surface area contributed by atoms with E-state index in [1.807, 2.05) is 6.92 Å². The minimum Gasteiger partial charge on any atom is -0.396 e. The first-order valence-electron chi connectivity index (χ1n) is 5.66. The molecule has 0 bridgehead atoms. The minimum atomic E-state index is -0.709. The Morgan fingerprint density at radius 3 is 2.73 bits per heavy atom. The molecule has 4 heteroatoms. The Morgan fingerprint density at radius 2 is 2.27 bits per heavy atom. The van der Waals surface area contributed by atoms with Crippen LogP contribution in [0, 0.1) is 11.8 Å². The van der Waals surface area contributed by atoms with Crippen LogP contribution in [0.25, 0.3) is 0 Å². The van der Waals surface area contributed by atoms with Crippen molar-refractivity contribution >= 4 is 5.91 Å². The molecule has 4 nitrogen and oxygen atoms in total. The minimum absolute atomic E-state index is 0.0604. The van der Waals surface area contributed by atoms with Crippen LogP contribution in [-0.2, 0) is 4.79 Å².